The van der Waals surface area contributed by atoms with Gasteiger partial charge in [-0.15, -0.1) is 0 Å². The second kappa shape index (κ2) is 7.76. The Labute approximate surface area is 136 Å². The van der Waals surface area contributed by atoms with Crippen LogP contribution in [0.3, 0.4) is 0 Å². The number of aromatic amines is 1. The van der Waals surface area contributed by atoms with E-state index in [-0.39, 0.29) is 0 Å². The molecule has 1 heterocycles. The molecule has 1 atom stereocenters. The number of nitrogens with zero attached hydrogens (tertiary/aromatic N) is 2. The first-order chi connectivity index (χ1) is 10.2. The summed E-state index contributed by atoms with van der Waals surface area (Å²) in [4.78, 5) is 0. The Balaban J connectivity index is 2.25. The number of rotatable bonds is 7. The SMILES string of the molecule is CCCC[C@H](CC)Cn1c(-c2ccc(Cl)cc2)n[nH]c1=S. The third-order valence-electron chi connectivity index (χ3n) is 3.84. The lowest BCUT2D eigenvalue weighted by atomic mass is 9.99. The summed E-state index contributed by atoms with van der Waals surface area (Å²) in [5.74, 6) is 1.53. The Morgan fingerprint density at radius 2 is 2.00 bits per heavy atom. The van der Waals surface area contributed by atoms with Gasteiger partial charge in [-0.2, -0.15) is 5.10 Å². The van der Waals surface area contributed by atoms with E-state index in [2.05, 4.69) is 28.6 Å². The third kappa shape index (κ3) is 4.17. The molecule has 0 aliphatic rings. The molecule has 0 fully saturated rings. The van der Waals surface area contributed by atoms with Crippen LogP contribution in [-0.4, -0.2) is 14.8 Å². The van der Waals surface area contributed by atoms with Crippen LogP contribution < -0.4 is 0 Å². The Hall–Kier alpha value is -1.13. The Kier molecular flexibility index (Phi) is 6.00. The first-order valence-corrected chi connectivity index (χ1v) is 8.35. The summed E-state index contributed by atoms with van der Waals surface area (Å²) < 4.78 is 2.80. The van der Waals surface area contributed by atoms with Gasteiger partial charge < -0.3 is 0 Å². The molecule has 5 heteroatoms. The number of halogens is 1. The van der Waals surface area contributed by atoms with Crippen molar-refractivity contribution in [1.29, 1.82) is 0 Å². The smallest absolute Gasteiger partial charge is 0.195 e. The first kappa shape index (κ1) is 16.2. The molecule has 0 aliphatic carbocycles. The van der Waals surface area contributed by atoms with Gasteiger partial charge in [0.15, 0.2) is 10.6 Å². The maximum absolute atomic E-state index is 5.95. The first-order valence-electron chi connectivity index (χ1n) is 7.56. The Morgan fingerprint density at radius 1 is 1.29 bits per heavy atom. The van der Waals surface area contributed by atoms with Gasteiger partial charge in [-0.1, -0.05) is 44.7 Å². The number of benzene rings is 1. The fourth-order valence-corrected chi connectivity index (χ4v) is 2.81. The van der Waals surface area contributed by atoms with E-state index >= 15 is 0 Å². The van der Waals surface area contributed by atoms with Gasteiger partial charge in [0, 0.05) is 17.1 Å². The highest BCUT2D eigenvalue weighted by Crippen LogP contribution is 2.23. The van der Waals surface area contributed by atoms with Crippen LogP contribution in [0.2, 0.25) is 5.02 Å². The van der Waals surface area contributed by atoms with Crippen molar-refractivity contribution >= 4 is 23.8 Å². The molecular weight excluding hydrogens is 302 g/mol. The molecule has 0 unspecified atom stereocenters. The molecular formula is C16H22ClN3S. The highest BCUT2D eigenvalue weighted by atomic mass is 35.5. The average Bonchev–Trinajstić information content (AvgIpc) is 2.85. The summed E-state index contributed by atoms with van der Waals surface area (Å²) in [6, 6.07) is 7.73. The monoisotopic (exact) mass is 323 g/mol. The van der Waals surface area contributed by atoms with Gasteiger partial charge in [0.1, 0.15) is 0 Å². The number of H-pyrrole nitrogens is 1. The van der Waals surface area contributed by atoms with E-state index < -0.39 is 0 Å². The zero-order chi connectivity index (χ0) is 15.2. The highest BCUT2D eigenvalue weighted by molar-refractivity contribution is 7.71. The minimum atomic E-state index is 0.639. The third-order valence-corrected chi connectivity index (χ3v) is 4.41. The molecule has 21 heavy (non-hydrogen) atoms. The van der Waals surface area contributed by atoms with E-state index in [0.29, 0.717) is 10.7 Å². The van der Waals surface area contributed by atoms with Gasteiger partial charge in [-0.3, -0.25) is 9.67 Å². The predicted molar refractivity (Wildman–Crippen MR) is 91.2 cm³/mol. The van der Waals surface area contributed by atoms with Gasteiger partial charge in [0.25, 0.3) is 0 Å². The minimum Gasteiger partial charge on any atom is -0.300 e. The van der Waals surface area contributed by atoms with Crippen LogP contribution in [0.1, 0.15) is 39.5 Å². The molecule has 0 spiro atoms. The lowest BCUT2D eigenvalue weighted by molar-refractivity contribution is 0.390. The number of nitrogens with one attached hydrogen (secondary N) is 1. The van der Waals surface area contributed by atoms with Crippen LogP contribution in [0, 0.1) is 10.7 Å². The molecule has 2 rings (SSSR count). The fourth-order valence-electron chi connectivity index (χ4n) is 2.48. The Morgan fingerprint density at radius 3 is 2.62 bits per heavy atom. The van der Waals surface area contributed by atoms with Crippen molar-refractivity contribution in [3.05, 3.63) is 34.1 Å². The van der Waals surface area contributed by atoms with Crippen LogP contribution in [0.25, 0.3) is 11.4 Å². The molecule has 0 saturated heterocycles. The summed E-state index contributed by atoms with van der Waals surface area (Å²) in [5.41, 5.74) is 1.04. The fraction of sp³-hybridized carbons (Fsp3) is 0.500. The van der Waals surface area contributed by atoms with E-state index in [4.69, 9.17) is 23.8 Å². The molecule has 0 bridgehead atoms. The van der Waals surface area contributed by atoms with Crippen molar-refractivity contribution in [2.45, 2.75) is 46.1 Å². The Bertz CT molecular complexity index is 615. The second-order valence-corrected chi connectivity index (χ2v) is 6.21. The van der Waals surface area contributed by atoms with Crippen LogP contribution in [0.15, 0.2) is 24.3 Å². The molecule has 0 amide bonds. The van der Waals surface area contributed by atoms with Crippen molar-refractivity contribution in [2.24, 2.45) is 5.92 Å². The van der Waals surface area contributed by atoms with Gasteiger partial charge in [-0.05, 0) is 48.8 Å². The molecule has 3 nitrogen and oxygen atoms in total. The van der Waals surface area contributed by atoms with Crippen molar-refractivity contribution < 1.29 is 0 Å². The highest BCUT2D eigenvalue weighted by Gasteiger charge is 2.13. The summed E-state index contributed by atoms with van der Waals surface area (Å²) in [7, 11) is 0. The topological polar surface area (TPSA) is 33.6 Å². The molecule has 2 aromatic rings. The summed E-state index contributed by atoms with van der Waals surface area (Å²) in [6.07, 6.45) is 4.89. The van der Waals surface area contributed by atoms with Crippen LogP contribution >= 0.6 is 23.8 Å². The quantitative estimate of drug-likeness (QED) is 0.685. The lowest BCUT2D eigenvalue weighted by Crippen LogP contribution is -2.11. The van der Waals surface area contributed by atoms with Gasteiger partial charge >= 0.3 is 0 Å². The number of unbranched alkanes of at least 4 members (excludes halogenated alkanes) is 1. The van der Waals surface area contributed by atoms with E-state index in [0.717, 1.165) is 29.4 Å². The molecule has 114 valence electrons. The molecule has 0 radical (unpaired) electrons. The van der Waals surface area contributed by atoms with Crippen LogP contribution in [-0.2, 0) is 6.54 Å². The van der Waals surface area contributed by atoms with Crippen molar-refractivity contribution in [3.8, 4) is 11.4 Å². The van der Waals surface area contributed by atoms with Gasteiger partial charge in [-0.25, -0.2) is 0 Å². The standard InChI is InChI=1S/C16H22ClN3S/c1-3-5-6-12(4-2)11-20-15(18-19-16(20)21)13-7-9-14(17)10-8-13/h7-10,12H,3-6,11H2,1-2H3,(H,19,21)/t12-/m0/s1. The van der Waals surface area contributed by atoms with Crippen molar-refractivity contribution in [2.75, 3.05) is 0 Å². The molecule has 1 aromatic carbocycles. The molecule has 0 saturated carbocycles. The van der Waals surface area contributed by atoms with E-state index in [1.807, 2.05) is 24.3 Å². The summed E-state index contributed by atoms with van der Waals surface area (Å²) in [5, 5.41) is 8.04. The van der Waals surface area contributed by atoms with Crippen molar-refractivity contribution in [3.63, 3.8) is 0 Å². The summed E-state index contributed by atoms with van der Waals surface area (Å²) >= 11 is 11.3. The maximum atomic E-state index is 5.95. The van der Waals surface area contributed by atoms with Gasteiger partial charge in [0.05, 0.1) is 0 Å². The summed E-state index contributed by atoms with van der Waals surface area (Å²) in [6.45, 7) is 5.39. The number of hydrogen-bond acceptors (Lipinski definition) is 2. The van der Waals surface area contributed by atoms with Crippen LogP contribution in [0.4, 0.5) is 0 Å². The normalized spacial score (nSPS) is 12.5. The minimum absolute atomic E-state index is 0.639. The van der Waals surface area contributed by atoms with Crippen LogP contribution in [0.5, 0.6) is 0 Å². The largest absolute Gasteiger partial charge is 0.300 e. The van der Waals surface area contributed by atoms with Crippen molar-refractivity contribution in [1.82, 2.24) is 14.8 Å². The number of hydrogen-bond donors (Lipinski definition) is 1. The second-order valence-electron chi connectivity index (χ2n) is 5.39. The molecule has 1 aromatic heterocycles. The zero-order valence-electron chi connectivity index (χ0n) is 12.6. The molecule has 1 N–H and O–H groups in total. The maximum Gasteiger partial charge on any atom is 0.195 e. The van der Waals surface area contributed by atoms with E-state index in [1.165, 1.54) is 19.3 Å². The molecule has 0 aliphatic heterocycles. The zero-order valence-corrected chi connectivity index (χ0v) is 14.2. The number of aromatic nitrogens is 3. The van der Waals surface area contributed by atoms with Gasteiger partial charge in [0.2, 0.25) is 0 Å². The average molecular weight is 324 g/mol. The predicted octanol–water partition coefficient (Wildman–Crippen LogP) is 5.48. The lowest BCUT2D eigenvalue weighted by Gasteiger charge is -2.16. The van der Waals surface area contributed by atoms with E-state index in [9.17, 15) is 0 Å². The van der Waals surface area contributed by atoms with E-state index in [1.54, 1.807) is 0 Å².